The fourth-order valence-electron chi connectivity index (χ4n) is 2.35. The van der Waals surface area contributed by atoms with Gasteiger partial charge in [-0.15, -0.1) is 0 Å². The highest BCUT2D eigenvalue weighted by Gasteiger charge is 2.20. The number of amides is 1. The van der Waals surface area contributed by atoms with Crippen molar-refractivity contribution in [2.24, 2.45) is 0 Å². The second-order valence-electron chi connectivity index (χ2n) is 5.35. The van der Waals surface area contributed by atoms with E-state index in [-0.39, 0.29) is 12.0 Å². The molecule has 5 heteroatoms. The highest BCUT2D eigenvalue weighted by Crippen LogP contribution is 2.30. The fraction of sp³-hybridized carbons (Fsp3) is 0.211. The van der Waals surface area contributed by atoms with Crippen molar-refractivity contribution in [3.63, 3.8) is 0 Å². The predicted octanol–water partition coefficient (Wildman–Crippen LogP) is 2.66. The van der Waals surface area contributed by atoms with Gasteiger partial charge in [-0.1, -0.05) is 24.3 Å². The summed E-state index contributed by atoms with van der Waals surface area (Å²) in [4.78, 5) is 11.9. The standard InChI is InChI=1S/C19H19NO4/c1-22-15-6-4-5-14(11-15)9-10-19(21)20-12-16-13-23-17-7-2-3-8-18(17)24-16/h2-11,16H,12-13H2,1H3,(H,20,21)/b10-9+. The van der Waals surface area contributed by atoms with Crippen LogP contribution in [0.15, 0.2) is 54.6 Å². The molecule has 0 aromatic heterocycles. The molecule has 1 aliphatic heterocycles. The van der Waals surface area contributed by atoms with Crippen molar-refractivity contribution >= 4 is 12.0 Å². The van der Waals surface area contributed by atoms with Crippen molar-refractivity contribution in [3.05, 3.63) is 60.2 Å². The normalized spacial score (nSPS) is 16.0. The largest absolute Gasteiger partial charge is 0.497 e. The van der Waals surface area contributed by atoms with E-state index in [1.54, 1.807) is 13.2 Å². The van der Waals surface area contributed by atoms with E-state index in [2.05, 4.69) is 5.32 Å². The number of carbonyl (C=O) groups excluding carboxylic acids is 1. The average Bonchev–Trinajstić information content (AvgIpc) is 2.64. The molecule has 1 aliphatic rings. The van der Waals surface area contributed by atoms with E-state index in [9.17, 15) is 4.79 Å². The molecule has 1 heterocycles. The lowest BCUT2D eigenvalue weighted by atomic mass is 10.2. The van der Waals surface area contributed by atoms with Gasteiger partial charge in [-0.2, -0.15) is 0 Å². The molecule has 2 aromatic carbocycles. The molecule has 5 nitrogen and oxygen atoms in total. The Morgan fingerprint density at radius 2 is 2.08 bits per heavy atom. The third-order valence-corrected chi connectivity index (χ3v) is 3.59. The van der Waals surface area contributed by atoms with Gasteiger partial charge >= 0.3 is 0 Å². The van der Waals surface area contributed by atoms with Crippen molar-refractivity contribution in [1.29, 1.82) is 0 Å². The van der Waals surface area contributed by atoms with Gasteiger partial charge in [0.05, 0.1) is 13.7 Å². The minimum absolute atomic E-state index is 0.180. The number of fused-ring (bicyclic) bond motifs is 1. The van der Waals surface area contributed by atoms with Crippen LogP contribution in [0.25, 0.3) is 6.08 Å². The van der Waals surface area contributed by atoms with Crippen LogP contribution in [0.2, 0.25) is 0 Å². The molecule has 1 atom stereocenters. The molecule has 1 unspecified atom stereocenters. The summed E-state index contributed by atoms with van der Waals surface area (Å²) in [5, 5.41) is 2.82. The van der Waals surface area contributed by atoms with Gasteiger partial charge in [0.15, 0.2) is 11.5 Å². The van der Waals surface area contributed by atoms with E-state index >= 15 is 0 Å². The van der Waals surface area contributed by atoms with Crippen molar-refractivity contribution < 1.29 is 19.0 Å². The first-order valence-corrected chi connectivity index (χ1v) is 7.73. The third-order valence-electron chi connectivity index (χ3n) is 3.59. The summed E-state index contributed by atoms with van der Waals surface area (Å²) < 4.78 is 16.6. The predicted molar refractivity (Wildman–Crippen MR) is 91.4 cm³/mol. The van der Waals surface area contributed by atoms with E-state index in [0.717, 1.165) is 17.1 Å². The number of hydrogen-bond acceptors (Lipinski definition) is 4. The molecule has 0 fully saturated rings. The number of ether oxygens (including phenoxy) is 3. The number of methoxy groups -OCH3 is 1. The van der Waals surface area contributed by atoms with Crippen molar-refractivity contribution in [2.75, 3.05) is 20.3 Å². The molecule has 124 valence electrons. The van der Waals surface area contributed by atoms with Crippen LogP contribution in [0.3, 0.4) is 0 Å². The SMILES string of the molecule is COc1cccc(/C=C/C(=O)NCC2COc3ccccc3O2)c1. The van der Waals surface area contributed by atoms with Gasteiger partial charge in [-0.25, -0.2) is 0 Å². The van der Waals surface area contributed by atoms with E-state index in [4.69, 9.17) is 14.2 Å². The molecular formula is C19H19NO4. The fourth-order valence-corrected chi connectivity index (χ4v) is 2.35. The van der Waals surface area contributed by atoms with Crippen LogP contribution in [0, 0.1) is 0 Å². The maximum atomic E-state index is 11.9. The number of para-hydroxylation sites is 2. The van der Waals surface area contributed by atoms with Crippen LogP contribution >= 0.6 is 0 Å². The molecular weight excluding hydrogens is 306 g/mol. The summed E-state index contributed by atoms with van der Waals surface area (Å²) in [6, 6.07) is 15.0. The summed E-state index contributed by atoms with van der Waals surface area (Å²) in [7, 11) is 1.61. The molecule has 0 aliphatic carbocycles. The Kier molecular flexibility index (Phi) is 5.01. The van der Waals surface area contributed by atoms with Gasteiger partial charge in [0.1, 0.15) is 18.5 Å². The first-order valence-electron chi connectivity index (χ1n) is 7.73. The van der Waals surface area contributed by atoms with Crippen LogP contribution < -0.4 is 19.5 Å². The molecule has 3 rings (SSSR count). The Morgan fingerprint density at radius 3 is 2.92 bits per heavy atom. The second-order valence-corrected chi connectivity index (χ2v) is 5.35. The molecule has 24 heavy (non-hydrogen) atoms. The number of carbonyl (C=O) groups is 1. The molecule has 2 aromatic rings. The van der Waals surface area contributed by atoms with Gasteiger partial charge in [0, 0.05) is 6.08 Å². The zero-order valence-electron chi connectivity index (χ0n) is 13.4. The minimum Gasteiger partial charge on any atom is -0.497 e. The van der Waals surface area contributed by atoms with Gasteiger partial charge in [-0.05, 0) is 35.9 Å². The summed E-state index contributed by atoms with van der Waals surface area (Å²) in [6.45, 7) is 0.798. The minimum atomic E-state index is -0.200. The summed E-state index contributed by atoms with van der Waals surface area (Å²) >= 11 is 0. The van der Waals surface area contributed by atoms with Crippen LogP contribution in [0.1, 0.15) is 5.56 Å². The Morgan fingerprint density at radius 1 is 1.25 bits per heavy atom. The second kappa shape index (κ2) is 7.55. The molecule has 1 amide bonds. The van der Waals surface area contributed by atoms with Gasteiger partial charge in [0.25, 0.3) is 0 Å². The summed E-state index contributed by atoms with van der Waals surface area (Å²) in [5.41, 5.74) is 0.899. The molecule has 0 saturated heterocycles. The monoisotopic (exact) mass is 325 g/mol. The van der Waals surface area contributed by atoms with Gasteiger partial charge in [-0.3, -0.25) is 4.79 Å². The first-order chi connectivity index (χ1) is 11.7. The Hall–Kier alpha value is -2.95. The molecule has 0 spiro atoms. The van der Waals surface area contributed by atoms with E-state index < -0.39 is 0 Å². The van der Waals surface area contributed by atoms with E-state index in [0.29, 0.717) is 18.9 Å². The van der Waals surface area contributed by atoms with Crippen LogP contribution in [-0.2, 0) is 4.79 Å². The molecule has 1 N–H and O–H groups in total. The maximum Gasteiger partial charge on any atom is 0.244 e. The smallest absolute Gasteiger partial charge is 0.244 e. The van der Waals surface area contributed by atoms with Crippen LogP contribution in [0.4, 0.5) is 0 Å². The number of benzene rings is 2. The lowest BCUT2D eigenvalue weighted by Gasteiger charge is -2.26. The lowest BCUT2D eigenvalue weighted by molar-refractivity contribution is -0.116. The highest BCUT2D eigenvalue weighted by molar-refractivity contribution is 5.91. The Balaban J connectivity index is 1.50. The third kappa shape index (κ3) is 4.07. The highest BCUT2D eigenvalue weighted by atomic mass is 16.6. The van der Waals surface area contributed by atoms with Crippen LogP contribution in [-0.4, -0.2) is 32.3 Å². The van der Waals surface area contributed by atoms with E-state index in [1.165, 1.54) is 6.08 Å². The van der Waals surface area contributed by atoms with Crippen molar-refractivity contribution in [1.82, 2.24) is 5.32 Å². The van der Waals surface area contributed by atoms with Crippen molar-refractivity contribution in [2.45, 2.75) is 6.10 Å². The number of hydrogen-bond donors (Lipinski definition) is 1. The molecule has 0 bridgehead atoms. The quantitative estimate of drug-likeness (QED) is 0.859. The zero-order chi connectivity index (χ0) is 16.8. The van der Waals surface area contributed by atoms with Crippen LogP contribution in [0.5, 0.6) is 17.2 Å². The first kappa shape index (κ1) is 15.9. The van der Waals surface area contributed by atoms with Crippen molar-refractivity contribution in [3.8, 4) is 17.2 Å². The van der Waals surface area contributed by atoms with E-state index in [1.807, 2.05) is 48.5 Å². The van der Waals surface area contributed by atoms with Gasteiger partial charge < -0.3 is 19.5 Å². The topological polar surface area (TPSA) is 56.8 Å². The number of nitrogens with one attached hydrogen (secondary N) is 1. The zero-order valence-corrected chi connectivity index (χ0v) is 13.4. The number of rotatable bonds is 5. The Bertz CT molecular complexity index is 742. The molecule has 0 saturated carbocycles. The summed E-state index contributed by atoms with van der Waals surface area (Å²) in [5.74, 6) is 2.01. The lowest BCUT2D eigenvalue weighted by Crippen LogP contribution is -2.40. The molecule has 0 radical (unpaired) electrons. The summed E-state index contributed by atoms with van der Waals surface area (Å²) in [6.07, 6.45) is 3.03. The van der Waals surface area contributed by atoms with Gasteiger partial charge in [0.2, 0.25) is 5.91 Å². The Labute approximate surface area is 140 Å². The maximum absolute atomic E-state index is 11.9. The average molecular weight is 325 g/mol.